The molecule has 1 fully saturated rings. The highest BCUT2D eigenvalue weighted by Crippen LogP contribution is 2.22. The summed E-state index contributed by atoms with van der Waals surface area (Å²) in [5.74, 6) is 1.86. The van der Waals surface area contributed by atoms with Gasteiger partial charge in [-0.15, -0.1) is 0 Å². The Balaban J connectivity index is 1.90. The Labute approximate surface area is 116 Å². The summed E-state index contributed by atoms with van der Waals surface area (Å²) < 4.78 is 0. The molecule has 4 heteroatoms. The fourth-order valence-electron chi connectivity index (χ4n) is 2.60. The van der Waals surface area contributed by atoms with Gasteiger partial charge in [-0.1, -0.05) is 20.3 Å². The second-order valence-corrected chi connectivity index (χ2v) is 5.41. The van der Waals surface area contributed by atoms with Crippen molar-refractivity contribution in [2.24, 2.45) is 5.92 Å². The normalized spacial score (nSPS) is 19.7. The van der Waals surface area contributed by atoms with E-state index in [0.29, 0.717) is 0 Å². The molecular formula is C15H26N4. The minimum Gasteiger partial charge on any atom is -0.355 e. The number of hydrogen-bond acceptors (Lipinski definition) is 4. The second kappa shape index (κ2) is 7.43. The number of rotatable bonds is 6. The largest absolute Gasteiger partial charge is 0.355 e. The SMILES string of the molecule is CCCNCc1cnc(N2CCCC(CC)C2)cn1. The maximum Gasteiger partial charge on any atom is 0.147 e. The quantitative estimate of drug-likeness (QED) is 0.800. The zero-order chi connectivity index (χ0) is 13.5. The Kier molecular flexibility index (Phi) is 5.58. The van der Waals surface area contributed by atoms with Crippen LogP contribution < -0.4 is 10.2 Å². The monoisotopic (exact) mass is 262 g/mol. The molecule has 1 aliphatic heterocycles. The third kappa shape index (κ3) is 4.16. The molecule has 1 aliphatic rings. The standard InChI is InChI=1S/C15H26N4/c1-3-7-16-9-14-10-18-15(11-17-14)19-8-5-6-13(4-2)12-19/h10-11,13,16H,3-9,12H2,1-2H3. The molecule has 0 aromatic carbocycles. The Morgan fingerprint density at radius 2 is 2.21 bits per heavy atom. The first-order valence-corrected chi connectivity index (χ1v) is 7.60. The van der Waals surface area contributed by atoms with E-state index in [9.17, 15) is 0 Å². The molecule has 1 unspecified atom stereocenters. The van der Waals surface area contributed by atoms with E-state index in [0.717, 1.165) is 50.0 Å². The van der Waals surface area contributed by atoms with E-state index in [1.54, 1.807) is 0 Å². The van der Waals surface area contributed by atoms with Crippen LogP contribution in [0, 0.1) is 5.92 Å². The van der Waals surface area contributed by atoms with E-state index in [1.165, 1.54) is 19.3 Å². The highest BCUT2D eigenvalue weighted by atomic mass is 15.2. The molecule has 2 heterocycles. The lowest BCUT2D eigenvalue weighted by Crippen LogP contribution is -2.35. The Bertz CT molecular complexity index is 363. The van der Waals surface area contributed by atoms with Crippen molar-refractivity contribution >= 4 is 5.82 Å². The van der Waals surface area contributed by atoms with Crippen molar-refractivity contribution in [2.45, 2.75) is 46.1 Å². The molecule has 4 nitrogen and oxygen atoms in total. The van der Waals surface area contributed by atoms with Gasteiger partial charge in [0.1, 0.15) is 5.82 Å². The molecule has 106 valence electrons. The smallest absolute Gasteiger partial charge is 0.147 e. The van der Waals surface area contributed by atoms with Crippen LogP contribution in [0.1, 0.15) is 45.2 Å². The molecule has 0 saturated carbocycles. The number of anilines is 1. The van der Waals surface area contributed by atoms with Crippen LogP contribution >= 0.6 is 0 Å². The molecule has 0 spiro atoms. The minimum absolute atomic E-state index is 0.818. The molecule has 1 N–H and O–H groups in total. The Morgan fingerprint density at radius 3 is 2.89 bits per heavy atom. The summed E-state index contributed by atoms with van der Waals surface area (Å²) >= 11 is 0. The van der Waals surface area contributed by atoms with Gasteiger partial charge in [0.2, 0.25) is 0 Å². The maximum atomic E-state index is 4.57. The Hall–Kier alpha value is -1.16. The van der Waals surface area contributed by atoms with Crippen molar-refractivity contribution in [3.05, 3.63) is 18.1 Å². The van der Waals surface area contributed by atoms with Gasteiger partial charge in [0.05, 0.1) is 18.1 Å². The lowest BCUT2D eigenvalue weighted by Gasteiger charge is -2.32. The van der Waals surface area contributed by atoms with Gasteiger partial charge >= 0.3 is 0 Å². The van der Waals surface area contributed by atoms with Crippen molar-refractivity contribution in [3.63, 3.8) is 0 Å². The van der Waals surface area contributed by atoms with Crippen LogP contribution in [0.2, 0.25) is 0 Å². The zero-order valence-corrected chi connectivity index (χ0v) is 12.2. The van der Waals surface area contributed by atoms with Crippen LogP contribution in [-0.2, 0) is 6.54 Å². The zero-order valence-electron chi connectivity index (χ0n) is 12.2. The van der Waals surface area contributed by atoms with Crippen LogP contribution in [0.15, 0.2) is 12.4 Å². The summed E-state index contributed by atoms with van der Waals surface area (Å²) in [6, 6.07) is 0. The average Bonchev–Trinajstić information content (AvgIpc) is 2.48. The lowest BCUT2D eigenvalue weighted by atomic mass is 9.96. The minimum atomic E-state index is 0.818. The van der Waals surface area contributed by atoms with Crippen LogP contribution in [0.3, 0.4) is 0 Å². The van der Waals surface area contributed by atoms with Crippen molar-refractivity contribution in [1.82, 2.24) is 15.3 Å². The van der Waals surface area contributed by atoms with Crippen LogP contribution in [0.25, 0.3) is 0 Å². The lowest BCUT2D eigenvalue weighted by molar-refractivity contribution is 0.402. The summed E-state index contributed by atoms with van der Waals surface area (Å²) in [6.45, 7) is 8.56. The van der Waals surface area contributed by atoms with Gasteiger partial charge in [-0.3, -0.25) is 4.98 Å². The van der Waals surface area contributed by atoms with Crippen molar-refractivity contribution in [1.29, 1.82) is 0 Å². The van der Waals surface area contributed by atoms with Gasteiger partial charge in [-0.25, -0.2) is 4.98 Å². The van der Waals surface area contributed by atoms with Gasteiger partial charge in [0.15, 0.2) is 0 Å². The Morgan fingerprint density at radius 1 is 1.32 bits per heavy atom. The average molecular weight is 262 g/mol. The predicted molar refractivity (Wildman–Crippen MR) is 79.3 cm³/mol. The van der Waals surface area contributed by atoms with Crippen molar-refractivity contribution in [2.75, 3.05) is 24.5 Å². The van der Waals surface area contributed by atoms with E-state index in [2.05, 4.69) is 34.0 Å². The van der Waals surface area contributed by atoms with Gasteiger partial charge in [-0.05, 0) is 31.7 Å². The highest BCUT2D eigenvalue weighted by molar-refractivity contribution is 5.36. The number of nitrogens with one attached hydrogen (secondary N) is 1. The summed E-state index contributed by atoms with van der Waals surface area (Å²) in [5, 5.41) is 3.35. The second-order valence-electron chi connectivity index (χ2n) is 5.41. The number of piperidine rings is 1. The fourth-order valence-corrected chi connectivity index (χ4v) is 2.60. The molecule has 0 amide bonds. The third-order valence-electron chi connectivity index (χ3n) is 3.84. The molecule has 1 atom stereocenters. The maximum absolute atomic E-state index is 4.57. The fraction of sp³-hybridized carbons (Fsp3) is 0.733. The summed E-state index contributed by atoms with van der Waals surface area (Å²) in [6.07, 6.45) is 8.90. The first-order valence-electron chi connectivity index (χ1n) is 7.60. The van der Waals surface area contributed by atoms with Gasteiger partial charge < -0.3 is 10.2 Å². The topological polar surface area (TPSA) is 41.1 Å². The number of hydrogen-bond donors (Lipinski definition) is 1. The predicted octanol–water partition coefficient (Wildman–Crippen LogP) is 2.60. The van der Waals surface area contributed by atoms with Crippen LogP contribution in [0.5, 0.6) is 0 Å². The molecule has 1 aromatic rings. The summed E-state index contributed by atoms with van der Waals surface area (Å²) in [5.41, 5.74) is 1.03. The van der Waals surface area contributed by atoms with Gasteiger partial charge in [0.25, 0.3) is 0 Å². The van der Waals surface area contributed by atoms with Crippen molar-refractivity contribution in [3.8, 4) is 0 Å². The van der Waals surface area contributed by atoms with E-state index >= 15 is 0 Å². The molecule has 19 heavy (non-hydrogen) atoms. The molecular weight excluding hydrogens is 236 g/mol. The molecule has 0 radical (unpaired) electrons. The van der Waals surface area contributed by atoms with Crippen LogP contribution in [0.4, 0.5) is 5.82 Å². The van der Waals surface area contributed by atoms with E-state index in [4.69, 9.17) is 0 Å². The molecule has 0 bridgehead atoms. The van der Waals surface area contributed by atoms with E-state index < -0.39 is 0 Å². The number of nitrogens with zero attached hydrogens (tertiary/aromatic N) is 3. The summed E-state index contributed by atoms with van der Waals surface area (Å²) in [4.78, 5) is 11.5. The van der Waals surface area contributed by atoms with Gasteiger partial charge in [0, 0.05) is 19.6 Å². The summed E-state index contributed by atoms with van der Waals surface area (Å²) in [7, 11) is 0. The molecule has 0 aliphatic carbocycles. The third-order valence-corrected chi connectivity index (χ3v) is 3.84. The number of aromatic nitrogens is 2. The first kappa shape index (κ1) is 14.3. The van der Waals surface area contributed by atoms with Gasteiger partial charge in [-0.2, -0.15) is 0 Å². The molecule has 1 aromatic heterocycles. The van der Waals surface area contributed by atoms with Crippen molar-refractivity contribution < 1.29 is 0 Å². The molecule has 1 saturated heterocycles. The van der Waals surface area contributed by atoms with Crippen LogP contribution in [-0.4, -0.2) is 29.6 Å². The van der Waals surface area contributed by atoms with E-state index in [-0.39, 0.29) is 0 Å². The molecule has 2 rings (SSSR count). The van der Waals surface area contributed by atoms with E-state index in [1.807, 2.05) is 12.4 Å². The first-order chi connectivity index (χ1) is 9.33. The highest BCUT2D eigenvalue weighted by Gasteiger charge is 2.19.